The Morgan fingerprint density at radius 2 is 1.81 bits per heavy atom. The molecule has 0 bridgehead atoms. The summed E-state index contributed by atoms with van der Waals surface area (Å²) < 4.78 is 0. The molecule has 0 aliphatic carbocycles. The van der Waals surface area contributed by atoms with Gasteiger partial charge in [0.1, 0.15) is 16.7 Å². The van der Waals surface area contributed by atoms with Gasteiger partial charge in [-0.15, -0.1) is 0 Å². The molecule has 0 aliphatic rings. The smallest absolute Gasteiger partial charge is 0.130 e. The van der Waals surface area contributed by atoms with Gasteiger partial charge in [-0.2, -0.15) is 0 Å². The Kier molecular flexibility index (Phi) is 4.06. The van der Waals surface area contributed by atoms with Crippen LogP contribution in [0.2, 0.25) is 0 Å². The van der Waals surface area contributed by atoms with Crippen molar-refractivity contribution in [3.63, 3.8) is 0 Å². The average Bonchev–Trinajstić information content (AvgIpc) is 2.47. The van der Waals surface area contributed by atoms with Crippen molar-refractivity contribution in [2.75, 3.05) is 11.9 Å². The number of hydrogen-bond donors (Lipinski definition) is 1. The highest BCUT2D eigenvalue weighted by atomic mass is 32.2. The van der Waals surface area contributed by atoms with Crippen LogP contribution in [0.5, 0.6) is 0 Å². The first-order chi connectivity index (χ1) is 10.2. The van der Waals surface area contributed by atoms with Crippen LogP contribution in [0.4, 0.5) is 5.82 Å². The lowest BCUT2D eigenvalue weighted by Crippen LogP contribution is -2.02. The fraction of sp³-hybridized carbons (Fsp3) is 0.176. The number of rotatable bonds is 4. The van der Waals surface area contributed by atoms with Gasteiger partial charge in [-0.1, -0.05) is 42.1 Å². The van der Waals surface area contributed by atoms with Gasteiger partial charge < -0.3 is 5.32 Å². The van der Waals surface area contributed by atoms with E-state index in [2.05, 4.69) is 64.7 Å². The molecule has 0 saturated heterocycles. The summed E-state index contributed by atoms with van der Waals surface area (Å²) in [4.78, 5) is 10.1. The van der Waals surface area contributed by atoms with E-state index in [1.165, 1.54) is 15.7 Å². The zero-order chi connectivity index (χ0) is 14.7. The van der Waals surface area contributed by atoms with Crippen LogP contribution in [-0.2, 0) is 0 Å². The third kappa shape index (κ3) is 3.34. The van der Waals surface area contributed by atoms with Gasteiger partial charge in [0.2, 0.25) is 0 Å². The number of anilines is 1. The van der Waals surface area contributed by atoms with Crippen molar-refractivity contribution >= 4 is 28.4 Å². The van der Waals surface area contributed by atoms with Crippen LogP contribution in [0.25, 0.3) is 10.8 Å². The Labute approximate surface area is 128 Å². The highest BCUT2D eigenvalue weighted by molar-refractivity contribution is 7.99. The molecule has 0 amide bonds. The number of benzene rings is 2. The van der Waals surface area contributed by atoms with Crippen LogP contribution in [0.3, 0.4) is 0 Å². The summed E-state index contributed by atoms with van der Waals surface area (Å²) in [5.74, 6) is 1.67. The first-order valence-corrected chi connectivity index (χ1v) is 7.82. The fourth-order valence-electron chi connectivity index (χ4n) is 2.22. The average molecular weight is 295 g/mol. The van der Waals surface area contributed by atoms with E-state index < -0.39 is 0 Å². The molecule has 21 heavy (non-hydrogen) atoms. The maximum Gasteiger partial charge on any atom is 0.130 e. The second kappa shape index (κ2) is 6.14. The predicted molar refractivity (Wildman–Crippen MR) is 89.0 cm³/mol. The molecule has 0 aliphatic heterocycles. The molecule has 0 unspecified atom stereocenters. The van der Waals surface area contributed by atoms with E-state index in [1.807, 2.05) is 13.0 Å². The molecule has 4 heteroatoms. The Balaban J connectivity index is 1.90. The van der Waals surface area contributed by atoms with Crippen LogP contribution in [-0.4, -0.2) is 16.5 Å². The summed E-state index contributed by atoms with van der Waals surface area (Å²) in [6.07, 6.45) is 0. The molecule has 3 nitrogen and oxygen atoms in total. The maximum absolute atomic E-state index is 4.50. The second-order valence-electron chi connectivity index (χ2n) is 4.78. The Morgan fingerprint density at radius 3 is 2.62 bits per heavy atom. The molecule has 0 fully saturated rings. The lowest BCUT2D eigenvalue weighted by molar-refractivity contribution is 0.960. The number of fused-ring (bicyclic) bond motifs is 1. The van der Waals surface area contributed by atoms with E-state index in [4.69, 9.17) is 0 Å². The third-order valence-electron chi connectivity index (χ3n) is 3.12. The van der Waals surface area contributed by atoms with Crippen molar-refractivity contribution in [3.05, 3.63) is 54.4 Å². The number of aryl methyl sites for hydroxylation is 1. The van der Waals surface area contributed by atoms with Crippen LogP contribution in [0, 0.1) is 6.92 Å². The molecular weight excluding hydrogens is 278 g/mol. The fourth-order valence-corrected chi connectivity index (χ4v) is 3.13. The van der Waals surface area contributed by atoms with E-state index >= 15 is 0 Å². The van der Waals surface area contributed by atoms with Crippen LogP contribution < -0.4 is 5.32 Å². The molecular formula is C17H17N3S. The van der Waals surface area contributed by atoms with Gasteiger partial charge in [-0.25, -0.2) is 9.97 Å². The quantitative estimate of drug-likeness (QED) is 0.718. The summed E-state index contributed by atoms with van der Waals surface area (Å²) in [5.41, 5.74) is 0. The van der Waals surface area contributed by atoms with Crippen LogP contribution in [0.1, 0.15) is 12.7 Å². The standard InChI is InChI=1S/C17H17N3S/c1-3-18-16-11-17(20-12(2)19-16)21-15-9-8-13-6-4-5-7-14(13)10-15/h4-11H,3H2,1-2H3,(H,18,19,20). The van der Waals surface area contributed by atoms with Gasteiger partial charge in [-0.3, -0.25) is 0 Å². The normalized spacial score (nSPS) is 10.8. The molecule has 0 radical (unpaired) electrons. The molecule has 1 N–H and O–H groups in total. The van der Waals surface area contributed by atoms with Crippen molar-refractivity contribution in [1.29, 1.82) is 0 Å². The molecule has 3 aromatic rings. The third-order valence-corrected chi connectivity index (χ3v) is 4.02. The zero-order valence-corrected chi connectivity index (χ0v) is 12.9. The first kappa shape index (κ1) is 13.9. The second-order valence-corrected chi connectivity index (χ2v) is 5.87. The lowest BCUT2D eigenvalue weighted by Gasteiger charge is -2.07. The molecule has 1 aromatic heterocycles. The van der Waals surface area contributed by atoms with E-state index in [9.17, 15) is 0 Å². The summed E-state index contributed by atoms with van der Waals surface area (Å²) in [5, 5.41) is 6.71. The predicted octanol–water partition coefficient (Wildman–Crippen LogP) is 4.52. The van der Waals surface area contributed by atoms with Crippen molar-refractivity contribution in [1.82, 2.24) is 9.97 Å². The zero-order valence-electron chi connectivity index (χ0n) is 12.1. The van der Waals surface area contributed by atoms with Gasteiger partial charge in [-0.05, 0) is 36.8 Å². The Bertz CT molecular complexity index is 771. The number of hydrogen-bond acceptors (Lipinski definition) is 4. The maximum atomic E-state index is 4.50. The van der Waals surface area contributed by atoms with Gasteiger partial charge in [0.25, 0.3) is 0 Å². The molecule has 106 valence electrons. The van der Waals surface area contributed by atoms with Gasteiger partial charge in [0, 0.05) is 17.5 Å². The highest BCUT2D eigenvalue weighted by Gasteiger charge is 2.04. The van der Waals surface area contributed by atoms with Crippen LogP contribution >= 0.6 is 11.8 Å². The SMILES string of the molecule is CCNc1cc(Sc2ccc3ccccc3c2)nc(C)n1. The van der Waals surface area contributed by atoms with E-state index in [-0.39, 0.29) is 0 Å². The Hall–Kier alpha value is -2.07. The van der Waals surface area contributed by atoms with Gasteiger partial charge in [0.05, 0.1) is 0 Å². The molecule has 1 heterocycles. The van der Waals surface area contributed by atoms with Crippen molar-refractivity contribution in [2.45, 2.75) is 23.8 Å². The number of nitrogens with one attached hydrogen (secondary N) is 1. The monoisotopic (exact) mass is 295 g/mol. The van der Waals surface area contributed by atoms with E-state index in [1.54, 1.807) is 11.8 Å². The number of nitrogens with zero attached hydrogens (tertiary/aromatic N) is 2. The summed E-state index contributed by atoms with van der Waals surface area (Å²) >= 11 is 1.67. The summed E-state index contributed by atoms with van der Waals surface area (Å²) in [6, 6.07) is 16.9. The molecule has 0 atom stereocenters. The van der Waals surface area contributed by atoms with E-state index in [0.29, 0.717) is 0 Å². The van der Waals surface area contributed by atoms with E-state index in [0.717, 1.165) is 23.2 Å². The van der Waals surface area contributed by atoms with Crippen molar-refractivity contribution < 1.29 is 0 Å². The first-order valence-electron chi connectivity index (χ1n) is 7.01. The minimum atomic E-state index is 0.789. The molecule has 3 rings (SSSR count). The summed E-state index contributed by atoms with van der Waals surface area (Å²) in [6.45, 7) is 4.84. The minimum absolute atomic E-state index is 0.789. The Morgan fingerprint density at radius 1 is 1.00 bits per heavy atom. The molecule has 0 saturated carbocycles. The van der Waals surface area contributed by atoms with Crippen LogP contribution in [0.15, 0.2) is 58.5 Å². The number of aromatic nitrogens is 2. The topological polar surface area (TPSA) is 37.8 Å². The summed E-state index contributed by atoms with van der Waals surface area (Å²) in [7, 11) is 0. The van der Waals surface area contributed by atoms with Gasteiger partial charge in [0.15, 0.2) is 0 Å². The lowest BCUT2D eigenvalue weighted by atomic mass is 10.1. The van der Waals surface area contributed by atoms with Crippen molar-refractivity contribution in [3.8, 4) is 0 Å². The largest absolute Gasteiger partial charge is 0.370 e. The highest BCUT2D eigenvalue weighted by Crippen LogP contribution is 2.29. The molecule has 2 aromatic carbocycles. The van der Waals surface area contributed by atoms with Crippen molar-refractivity contribution in [2.24, 2.45) is 0 Å². The van der Waals surface area contributed by atoms with Gasteiger partial charge >= 0.3 is 0 Å². The molecule has 0 spiro atoms. The minimum Gasteiger partial charge on any atom is -0.370 e.